The Balaban J connectivity index is 1.98. The smallest absolute Gasteiger partial charge is 0.243 e. The van der Waals surface area contributed by atoms with Gasteiger partial charge in [-0.25, -0.2) is 8.42 Å². The molecule has 2 aromatic carbocycles. The number of nitrogens with one attached hydrogen (secondary N) is 1. The van der Waals surface area contributed by atoms with E-state index in [0.29, 0.717) is 16.5 Å². The zero-order valence-electron chi connectivity index (χ0n) is 16.4. The number of carbonyl (C=O) groups excluding carboxylic acids is 1. The summed E-state index contributed by atoms with van der Waals surface area (Å²) in [5.74, 6) is 0.202. The van der Waals surface area contributed by atoms with Gasteiger partial charge in [-0.2, -0.15) is 0 Å². The Morgan fingerprint density at radius 3 is 2.54 bits per heavy atom. The number of benzene rings is 2. The number of ether oxygens (including phenoxy) is 1. The third kappa shape index (κ3) is 5.87. The highest BCUT2D eigenvalue weighted by molar-refractivity contribution is 7.92. The maximum absolute atomic E-state index is 12.5. The van der Waals surface area contributed by atoms with Gasteiger partial charge in [-0.15, -0.1) is 0 Å². The van der Waals surface area contributed by atoms with Gasteiger partial charge >= 0.3 is 0 Å². The third-order valence-electron chi connectivity index (χ3n) is 4.16. The molecule has 0 saturated heterocycles. The van der Waals surface area contributed by atoms with Crippen LogP contribution in [0.15, 0.2) is 42.5 Å². The molecule has 0 saturated carbocycles. The van der Waals surface area contributed by atoms with Gasteiger partial charge in [0, 0.05) is 5.02 Å². The molecule has 0 heterocycles. The van der Waals surface area contributed by atoms with Crippen LogP contribution in [0, 0.1) is 13.8 Å². The van der Waals surface area contributed by atoms with Gasteiger partial charge in [0.2, 0.25) is 15.9 Å². The lowest BCUT2D eigenvalue weighted by atomic mass is 10.2. The maximum Gasteiger partial charge on any atom is 0.243 e. The number of halogens is 1. The molecule has 0 aliphatic heterocycles. The lowest BCUT2D eigenvalue weighted by Crippen LogP contribution is -2.48. The van der Waals surface area contributed by atoms with E-state index < -0.39 is 22.0 Å². The average Bonchev–Trinajstić information content (AvgIpc) is 2.60. The summed E-state index contributed by atoms with van der Waals surface area (Å²) in [7, 11) is -3.63. The number of anilines is 1. The van der Waals surface area contributed by atoms with Gasteiger partial charge in [0.1, 0.15) is 18.4 Å². The maximum atomic E-state index is 12.5. The highest BCUT2D eigenvalue weighted by atomic mass is 35.5. The molecule has 0 bridgehead atoms. The fourth-order valence-corrected chi connectivity index (χ4v) is 4.07. The number of rotatable bonds is 8. The molecule has 0 unspecified atom stereocenters. The van der Waals surface area contributed by atoms with Gasteiger partial charge in [0.05, 0.1) is 18.5 Å². The van der Waals surface area contributed by atoms with Crippen LogP contribution in [0.3, 0.4) is 0 Å². The van der Waals surface area contributed by atoms with Gasteiger partial charge < -0.3 is 10.1 Å². The van der Waals surface area contributed by atoms with Crippen LogP contribution < -0.4 is 14.4 Å². The SMILES string of the molecule is Cc1cccc(N([C@H](C)C(=O)NCCOc2ccc(C)c(Cl)c2)S(C)(=O)=O)c1. The normalized spacial score (nSPS) is 12.3. The fourth-order valence-electron chi connectivity index (χ4n) is 2.73. The summed E-state index contributed by atoms with van der Waals surface area (Å²) in [6.07, 6.45) is 1.09. The zero-order valence-corrected chi connectivity index (χ0v) is 18.0. The van der Waals surface area contributed by atoms with Crippen molar-refractivity contribution in [3.63, 3.8) is 0 Å². The molecule has 28 heavy (non-hydrogen) atoms. The van der Waals surface area contributed by atoms with Crippen molar-refractivity contribution in [1.82, 2.24) is 5.32 Å². The molecule has 0 aromatic heterocycles. The van der Waals surface area contributed by atoms with Crippen LogP contribution in [0.1, 0.15) is 18.1 Å². The fraction of sp³-hybridized carbons (Fsp3) is 0.350. The van der Waals surface area contributed by atoms with Crippen molar-refractivity contribution in [2.45, 2.75) is 26.8 Å². The van der Waals surface area contributed by atoms with Crippen molar-refractivity contribution >= 4 is 33.2 Å². The molecule has 0 aliphatic rings. The Labute approximate surface area is 171 Å². The van der Waals surface area contributed by atoms with Gasteiger partial charge in [-0.05, 0) is 56.2 Å². The number of aryl methyl sites for hydroxylation is 2. The van der Waals surface area contributed by atoms with E-state index in [-0.39, 0.29) is 13.2 Å². The van der Waals surface area contributed by atoms with E-state index >= 15 is 0 Å². The minimum absolute atomic E-state index is 0.236. The van der Waals surface area contributed by atoms with Crippen molar-refractivity contribution < 1.29 is 17.9 Å². The standard InChI is InChI=1S/C20H25ClN2O4S/c1-14-6-5-7-17(12-14)23(28(4,25)26)16(3)20(24)22-10-11-27-18-9-8-15(2)19(21)13-18/h5-9,12-13,16H,10-11H2,1-4H3,(H,22,24)/t16-/m1/s1. The highest BCUT2D eigenvalue weighted by Crippen LogP contribution is 2.22. The van der Waals surface area contributed by atoms with E-state index in [1.165, 1.54) is 0 Å². The van der Waals surface area contributed by atoms with Crippen molar-refractivity contribution in [2.24, 2.45) is 0 Å². The lowest BCUT2D eigenvalue weighted by Gasteiger charge is -2.28. The van der Waals surface area contributed by atoms with Crippen LogP contribution in [0.5, 0.6) is 5.75 Å². The first kappa shape index (κ1) is 22.0. The Morgan fingerprint density at radius 2 is 1.93 bits per heavy atom. The predicted octanol–water partition coefficient (Wildman–Crippen LogP) is 3.31. The first-order chi connectivity index (χ1) is 13.1. The Morgan fingerprint density at radius 1 is 1.21 bits per heavy atom. The summed E-state index contributed by atoms with van der Waals surface area (Å²) >= 11 is 6.05. The summed E-state index contributed by atoms with van der Waals surface area (Å²) in [6.45, 7) is 5.79. The van der Waals surface area contributed by atoms with Crippen LogP contribution >= 0.6 is 11.6 Å². The first-order valence-corrected chi connectivity index (χ1v) is 11.0. The van der Waals surface area contributed by atoms with Crippen molar-refractivity contribution in [1.29, 1.82) is 0 Å². The van der Waals surface area contributed by atoms with E-state index in [9.17, 15) is 13.2 Å². The summed E-state index contributed by atoms with van der Waals surface area (Å²) in [4.78, 5) is 12.5. The van der Waals surface area contributed by atoms with E-state index in [1.54, 1.807) is 37.3 Å². The number of nitrogens with zero attached hydrogens (tertiary/aromatic N) is 1. The van der Waals surface area contributed by atoms with E-state index in [2.05, 4.69) is 5.32 Å². The van der Waals surface area contributed by atoms with Gasteiger partial charge in [-0.1, -0.05) is 29.8 Å². The first-order valence-electron chi connectivity index (χ1n) is 8.82. The topological polar surface area (TPSA) is 75.7 Å². The van der Waals surface area contributed by atoms with Crippen molar-refractivity contribution in [3.05, 3.63) is 58.6 Å². The number of hydrogen-bond acceptors (Lipinski definition) is 4. The molecule has 0 fully saturated rings. The summed E-state index contributed by atoms with van der Waals surface area (Å²) in [6, 6.07) is 11.5. The minimum Gasteiger partial charge on any atom is -0.492 e. The molecule has 0 spiro atoms. The van der Waals surface area contributed by atoms with Crippen LogP contribution in [0.25, 0.3) is 0 Å². The Kier molecular flexibility index (Phi) is 7.32. The second kappa shape index (κ2) is 9.30. The Hall–Kier alpha value is -2.25. The van der Waals surface area contributed by atoms with Gasteiger partial charge in [0.25, 0.3) is 0 Å². The van der Waals surface area contributed by atoms with E-state index in [1.807, 2.05) is 26.0 Å². The quantitative estimate of drug-likeness (QED) is 0.659. The molecule has 152 valence electrons. The lowest BCUT2D eigenvalue weighted by molar-refractivity contribution is -0.121. The second-order valence-electron chi connectivity index (χ2n) is 6.62. The molecule has 1 atom stereocenters. The summed E-state index contributed by atoms with van der Waals surface area (Å²) < 4.78 is 31.2. The summed E-state index contributed by atoms with van der Waals surface area (Å²) in [5.41, 5.74) is 2.31. The second-order valence-corrected chi connectivity index (χ2v) is 8.89. The molecular weight excluding hydrogens is 400 g/mol. The highest BCUT2D eigenvalue weighted by Gasteiger charge is 2.28. The van der Waals surface area contributed by atoms with Gasteiger partial charge in [0.15, 0.2) is 0 Å². The van der Waals surface area contributed by atoms with Crippen LogP contribution in [-0.4, -0.2) is 39.8 Å². The molecule has 8 heteroatoms. The molecule has 0 radical (unpaired) electrons. The van der Waals surface area contributed by atoms with Crippen LogP contribution in [-0.2, 0) is 14.8 Å². The van der Waals surface area contributed by atoms with E-state index in [0.717, 1.165) is 21.7 Å². The Bertz CT molecular complexity index is 947. The number of hydrogen-bond donors (Lipinski definition) is 1. The molecule has 2 aromatic rings. The minimum atomic E-state index is -3.63. The summed E-state index contributed by atoms with van der Waals surface area (Å²) in [5, 5.41) is 3.32. The third-order valence-corrected chi connectivity index (χ3v) is 5.81. The van der Waals surface area contributed by atoms with Gasteiger partial charge in [-0.3, -0.25) is 9.10 Å². The molecule has 0 aliphatic carbocycles. The molecule has 6 nitrogen and oxygen atoms in total. The number of sulfonamides is 1. The molecule has 2 rings (SSSR count). The average molecular weight is 425 g/mol. The molecule has 1 amide bonds. The zero-order chi connectivity index (χ0) is 20.9. The molecular formula is C20H25ClN2O4S. The monoisotopic (exact) mass is 424 g/mol. The van der Waals surface area contributed by atoms with Crippen LogP contribution in [0.4, 0.5) is 5.69 Å². The predicted molar refractivity (Wildman–Crippen MR) is 113 cm³/mol. The number of carbonyl (C=O) groups is 1. The van der Waals surface area contributed by atoms with Crippen molar-refractivity contribution in [3.8, 4) is 5.75 Å². The van der Waals surface area contributed by atoms with Crippen molar-refractivity contribution in [2.75, 3.05) is 23.7 Å². The number of amides is 1. The van der Waals surface area contributed by atoms with Crippen LogP contribution in [0.2, 0.25) is 5.02 Å². The molecule has 1 N–H and O–H groups in total. The largest absolute Gasteiger partial charge is 0.492 e. The van der Waals surface area contributed by atoms with E-state index in [4.69, 9.17) is 16.3 Å².